The Morgan fingerprint density at radius 1 is 1.26 bits per heavy atom. The van der Waals surface area contributed by atoms with Crippen LogP contribution < -0.4 is 10.1 Å². The zero-order chi connectivity index (χ0) is 16.5. The average Bonchev–Trinajstić information content (AvgIpc) is 2.53. The third kappa shape index (κ3) is 6.20. The molecule has 0 saturated carbocycles. The van der Waals surface area contributed by atoms with Gasteiger partial charge in [-0.3, -0.25) is 9.69 Å². The van der Waals surface area contributed by atoms with Crippen LogP contribution in [0.2, 0.25) is 0 Å². The topological polar surface area (TPSA) is 61.8 Å². The number of benzene rings is 1. The molecule has 1 heterocycles. The van der Waals surface area contributed by atoms with Crippen molar-refractivity contribution < 1.29 is 14.6 Å². The summed E-state index contributed by atoms with van der Waals surface area (Å²) in [6.45, 7) is 2.72. The summed E-state index contributed by atoms with van der Waals surface area (Å²) in [6.07, 6.45) is 4.66. The molecule has 2 rings (SSSR count). The maximum absolute atomic E-state index is 11.9. The number of rotatable bonds is 3. The molecular formula is C18H28N2O3. The van der Waals surface area contributed by atoms with E-state index in [0.29, 0.717) is 19.7 Å². The molecule has 1 aromatic rings. The van der Waals surface area contributed by atoms with Gasteiger partial charge in [-0.1, -0.05) is 12.1 Å². The summed E-state index contributed by atoms with van der Waals surface area (Å²) in [4.78, 5) is 13.9. The Balaban J connectivity index is 2.13. The Labute approximate surface area is 138 Å². The molecule has 0 fully saturated rings. The number of ether oxygens (including phenoxy) is 1. The average molecular weight is 320 g/mol. The lowest BCUT2D eigenvalue weighted by atomic mass is 10.1. The minimum atomic E-state index is 0.0747. The van der Waals surface area contributed by atoms with E-state index < -0.39 is 0 Å². The number of carbonyl (C=O) groups excluding carboxylic acids is 1. The van der Waals surface area contributed by atoms with Crippen molar-refractivity contribution in [1.82, 2.24) is 10.2 Å². The van der Waals surface area contributed by atoms with Gasteiger partial charge in [0.25, 0.3) is 0 Å². The Kier molecular flexibility index (Phi) is 7.36. The molecule has 1 aliphatic rings. The molecule has 0 spiro atoms. The third-order valence-corrected chi connectivity index (χ3v) is 4.00. The largest absolute Gasteiger partial charge is 0.493 e. The van der Waals surface area contributed by atoms with Crippen LogP contribution in [0.4, 0.5) is 0 Å². The summed E-state index contributed by atoms with van der Waals surface area (Å²) < 4.78 is 5.95. The molecule has 2 N–H and O–H groups in total. The van der Waals surface area contributed by atoms with E-state index in [1.807, 2.05) is 18.0 Å². The van der Waals surface area contributed by atoms with E-state index in [1.54, 1.807) is 0 Å². The molecule has 0 unspecified atom stereocenters. The smallest absolute Gasteiger partial charge is 0.234 e. The summed E-state index contributed by atoms with van der Waals surface area (Å²) in [5, 5.41) is 12.0. The van der Waals surface area contributed by atoms with E-state index >= 15 is 0 Å². The molecule has 128 valence electrons. The lowest BCUT2D eigenvalue weighted by Crippen LogP contribution is -2.35. The number of amides is 1. The summed E-state index contributed by atoms with van der Waals surface area (Å²) in [5.41, 5.74) is 2.30. The summed E-state index contributed by atoms with van der Waals surface area (Å²) >= 11 is 0. The fraction of sp³-hybridized carbons (Fsp3) is 0.611. The molecule has 0 atom stereocenters. The SMILES string of the molecule is CN1CC(=O)NCCCCCOc2ccc(CCCO)cc2C1. The molecule has 1 amide bonds. The molecule has 0 saturated heterocycles. The van der Waals surface area contributed by atoms with Crippen molar-refractivity contribution in [2.75, 3.05) is 33.4 Å². The second kappa shape index (κ2) is 9.53. The maximum atomic E-state index is 11.9. The standard InChI is InChI=1S/C18H28N2O3/c1-20-13-16-12-15(6-5-10-21)7-8-17(16)23-11-4-2-3-9-19-18(22)14-20/h7-8,12,21H,2-6,9-11,13-14H2,1H3,(H,19,22). The highest BCUT2D eigenvalue weighted by atomic mass is 16.5. The van der Waals surface area contributed by atoms with Gasteiger partial charge in [0.1, 0.15) is 5.75 Å². The van der Waals surface area contributed by atoms with Gasteiger partial charge in [0.15, 0.2) is 0 Å². The molecule has 0 aromatic heterocycles. The van der Waals surface area contributed by atoms with Gasteiger partial charge in [-0.2, -0.15) is 0 Å². The molecule has 5 nitrogen and oxygen atoms in total. The number of aliphatic hydroxyl groups excluding tert-OH is 1. The van der Waals surface area contributed by atoms with Crippen molar-refractivity contribution in [1.29, 1.82) is 0 Å². The van der Waals surface area contributed by atoms with Crippen LogP contribution in [-0.2, 0) is 17.8 Å². The second-order valence-corrected chi connectivity index (χ2v) is 6.20. The lowest BCUT2D eigenvalue weighted by Gasteiger charge is -2.19. The highest BCUT2D eigenvalue weighted by Crippen LogP contribution is 2.23. The fourth-order valence-corrected chi connectivity index (χ4v) is 2.80. The van der Waals surface area contributed by atoms with Gasteiger partial charge in [0.05, 0.1) is 13.2 Å². The minimum absolute atomic E-state index is 0.0747. The van der Waals surface area contributed by atoms with Gasteiger partial charge in [-0.15, -0.1) is 0 Å². The van der Waals surface area contributed by atoms with Gasteiger partial charge in [-0.05, 0) is 50.8 Å². The van der Waals surface area contributed by atoms with Gasteiger partial charge >= 0.3 is 0 Å². The lowest BCUT2D eigenvalue weighted by molar-refractivity contribution is -0.122. The number of nitrogens with zero attached hydrogens (tertiary/aromatic N) is 1. The molecule has 23 heavy (non-hydrogen) atoms. The van der Waals surface area contributed by atoms with Crippen LogP contribution in [0.5, 0.6) is 5.75 Å². The van der Waals surface area contributed by atoms with E-state index in [0.717, 1.165) is 50.0 Å². The van der Waals surface area contributed by atoms with Crippen LogP contribution in [0.3, 0.4) is 0 Å². The number of hydrogen-bond acceptors (Lipinski definition) is 4. The molecule has 0 bridgehead atoms. The first-order valence-electron chi connectivity index (χ1n) is 8.50. The number of fused-ring (bicyclic) bond motifs is 1. The summed E-state index contributed by atoms with van der Waals surface area (Å²) in [7, 11) is 1.95. The predicted octanol–water partition coefficient (Wildman–Crippen LogP) is 1.72. The van der Waals surface area contributed by atoms with Gasteiger partial charge in [0, 0.05) is 25.3 Å². The molecular weight excluding hydrogens is 292 g/mol. The second-order valence-electron chi connectivity index (χ2n) is 6.20. The van der Waals surface area contributed by atoms with Crippen molar-refractivity contribution in [3.05, 3.63) is 29.3 Å². The Morgan fingerprint density at radius 2 is 2.13 bits per heavy atom. The van der Waals surface area contributed by atoms with E-state index in [2.05, 4.69) is 17.4 Å². The molecule has 5 heteroatoms. The van der Waals surface area contributed by atoms with Crippen LogP contribution in [0, 0.1) is 0 Å². The van der Waals surface area contributed by atoms with E-state index in [4.69, 9.17) is 9.84 Å². The van der Waals surface area contributed by atoms with Crippen molar-refractivity contribution in [2.24, 2.45) is 0 Å². The maximum Gasteiger partial charge on any atom is 0.234 e. The van der Waals surface area contributed by atoms with Crippen LogP contribution in [0.15, 0.2) is 18.2 Å². The summed E-state index contributed by atoms with van der Waals surface area (Å²) in [5.74, 6) is 0.981. The van der Waals surface area contributed by atoms with Crippen molar-refractivity contribution in [2.45, 2.75) is 38.6 Å². The number of aryl methyl sites for hydroxylation is 1. The number of hydrogen-bond donors (Lipinski definition) is 2. The first-order chi connectivity index (χ1) is 11.2. The highest BCUT2D eigenvalue weighted by Gasteiger charge is 2.12. The van der Waals surface area contributed by atoms with Crippen molar-refractivity contribution in [3.63, 3.8) is 0 Å². The van der Waals surface area contributed by atoms with Gasteiger partial charge in [-0.25, -0.2) is 0 Å². The van der Waals surface area contributed by atoms with Crippen LogP contribution in [0.25, 0.3) is 0 Å². The first-order valence-corrected chi connectivity index (χ1v) is 8.50. The quantitative estimate of drug-likeness (QED) is 0.890. The van der Waals surface area contributed by atoms with Crippen LogP contribution in [-0.4, -0.2) is 49.3 Å². The number of aliphatic hydroxyl groups is 1. The number of carbonyl (C=O) groups is 1. The highest BCUT2D eigenvalue weighted by molar-refractivity contribution is 5.77. The Hall–Kier alpha value is -1.59. The molecule has 1 aromatic carbocycles. The Morgan fingerprint density at radius 3 is 2.96 bits per heavy atom. The molecule has 0 aliphatic carbocycles. The summed E-state index contributed by atoms with van der Waals surface area (Å²) in [6, 6.07) is 6.23. The first kappa shape index (κ1) is 17.8. The normalized spacial score (nSPS) is 17.9. The number of likely N-dealkylation sites (N-methyl/N-ethyl adjacent to an activating group) is 1. The van der Waals surface area contributed by atoms with E-state index in [-0.39, 0.29) is 12.5 Å². The number of nitrogens with one attached hydrogen (secondary N) is 1. The van der Waals surface area contributed by atoms with Crippen molar-refractivity contribution >= 4 is 5.91 Å². The van der Waals surface area contributed by atoms with Crippen LogP contribution >= 0.6 is 0 Å². The fourth-order valence-electron chi connectivity index (χ4n) is 2.80. The zero-order valence-corrected chi connectivity index (χ0v) is 14.0. The van der Waals surface area contributed by atoms with Gasteiger partial charge in [0.2, 0.25) is 5.91 Å². The Bertz CT molecular complexity index is 505. The van der Waals surface area contributed by atoms with E-state index in [9.17, 15) is 4.79 Å². The minimum Gasteiger partial charge on any atom is -0.493 e. The van der Waals surface area contributed by atoms with Crippen LogP contribution in [0.1, 0.15) is 36.8 Å². The zero-order valence-electron chi connectivity index (χ0n) is 14.0. The predicted molar refractivity (Wildman–Crippen MR) is 90.5 cm³/mol. The monoisotopic (exact) mass is 320 g/mol. The van der Waals surface area contributed by atoms with E-state index in [1.165, 1.54) is 5.56 Å². The molecule has 1 aliphatic heterocycles. The van der Waals surface area contributed by atoms with Gasteiger partial charge < -0.3 is 15.2 Å². The van der Waals surface area contributed by atoms with Crippen molar-refractivity contribution in [3.8, 4) is 5.75 Å². The molecule has 0 radical (unpaired) electrons. The third-order valence-electron chi connectivity index (χ3n) is 4.00.